The van der Waals surface area contributed by atoms with E-state index in [1.807, 2.05) is 17.8 Å². The normalized spacial score (nSPS) is 27.5. The molecule has 0 spiro atoms. The number of aliphatic hydroxyl groups excluding tert-OH is 1. The Morgan fingerprint density at radius 1 is 1.14 bits per heavy atom. The summed E-state index contributed by atoms with van der Waals surface area (Å²) in [6, 6.07) is 10.5. The number of aliphatic hydroxyl groups is 1. The zero-order valence-corrected chi connectivity index (χ0v) is 9.04. The quantitative estimate of drug-likeness (QED) is 0.806. The molecule has 0 heterocycles. The molecule has 1 aromatic rings. The van der Waals surface area contributed by atoms with E-state index in [1.54, 1.807) is 0 Å². The van der Waals surface area contributed by atoms with Crippen molar-refractivity contribution in [3.63, 3.8) is 0 Å². The second kappa shape index (κ2) is 4.85. The standard InChI is InChI=1S/C12H16OS/c13-10-5-4-8-12(9-10)14-11-6-2-1-3-7-11/h1-3,6-7,10,12-13H,4-5,8-9H2/t10-,12+/m1/s1. The van der Waals surface area contributed by atoms with Crippen LogP contribution >= 0.6 is 11.8 Å². The van der Waals surface area contributed by atoms with Crippen molar-refractivity contribution in [3.05, 3.63) is 30.3 Å². The van der Waals surface area contributed by atoms with E-state index in [0.29, 0.717) is 5.25 Å². The third kappa shape index (κ3) is 2.76. The van der Waals surface area contributed by atoms with Crippen molar-refractivity contribution in [3.8, 4) is 0 Å². The first-order chi connectivity index (χ1) is 6.84. The minimum Gasteiger partial charge on any atom is -0.393 e. The van der Waals surface area contributed by atoms with E-state index in [0.717, 1.165) is 12.8 Å². The third-order valence-electron chi connectivity index (χ3n) is 2.64. The van der Waals surface area contributed by atoms with E-state index >= 15 is 0 Å². The van der Waals surface area contributed by atoms with Gasteiger partial charge in [-0.2, -0.15) is 0 Å². The van der Waals surface area contributed by atoms with Gasteiger partial charge in [0.25, 0.3) is 0 Å². The van der Waals surface area contributed by atoms with Crippen LogP contribution in [0.5, 0.6) is 0 Å². The van der Waals surface area contributed by atoms with E-state index in [4.69, 9.17) is 0 Å². The molecule has 0 saturated heterocycles. The number of hydrogen-bond donors (Lipinski definition) is 1. The highest BCUT2D eigenvalue weighted by Gasteiger charge is 2.20. The molecule has 0 aromatic heterocycles. The second-order valence-electron chi connectivity index (χ2n) is 3.87. The van der Waals surface area contributed by atoms with Crippen molar-refractivity contribution < 1.29 is 5.11 Å². The topological polar surface area (TPSA) is 20.2 Å². The maximum Gasteiger partial charge on any atom is 0.0551 e. The molecular weight excluding hydrogens is 192 g/mol. The Balaban J connectivity index is 1.91. The van der Waals surface area contributed by atoms with Gasteiger partial charge in [0, 0.05) is 10.1 Å². The van der Waals surface area contributed by atoms with Crippen LogP contribution in [0.2, 0.25) is 0 Å². The highest BCUT2D eigenvalue weighted by atomic mass is 32.2. The van der Waals surface area contributed by atoms with Crippen LogP contribution in [0.1, 0.15) is 25.7 Å². The Hall–Kier alpha value is -0.470. The first-order valence-corrected chi connectivity index (χ1v) is 6.12. The third-order valence-corrected chi connectivity index (χ3v) is 3.95. The molecule has 14 heavy (non-hydrogen) atoms. The molecule has 2 rings (SSSR count). The molecule has 1 aliphatic rings. The molecule has 1 nitrogen and oxygen atoms in total. The fraction of sp³-hybridized carbons (Fsp3) is 0.500. The minimum atomic E-state index is -0.0648. The van der Waals surface area contributed by atoms with Crippen molar-refractivity contribution in [2.45, 2.75) is 41.9 Å². The van der Waals surface area contributed by atoms with Crippen molar-refractivity contribution in [2.24, 2.45) is 0 Å². The van der Waals surface area contributed by atoms with Gasteiger partial charge >= 0.3 is 0 Å². The van der Waals surface area contributed by atoms with Crippen molar-refractivity contribution >= 4 is 11.8 Å². The molecule has 2 atom stereocenters. The minimum absolute atomic E-state index is 0.0648. The molecule has 1 saturated carbocycles. The second-order valence-corrected chi connectivity index (χ2v) is 5.25. The maximum absolute atomic E-state index is 9.54. The molecule has 1 aromatic carbocycles. The largest absolute Gasteiger partial charge is 0.393 e. The average molecular weight is 208 g/mol. The zero-order valence-electron chi connectivity index (χ0n) is 8.23. The zero-order chi connectivity index (χ0) is 9.80. The first kappa shape index (κ1) is 10.1. The number of hydrogen-bond acceptors (Lipinski definition) is 2. The lowest BCUT2D eigenvalue weighted by Crippen LogP contribution is -2.20. The van der Waals surface area contributed by atoms with Gasteiger partial charge in [-0.15, -0.1) is 11.8 Å². The predicted octanol–water partition coefficient (Wildman–Crippen LogP) is 3.08. The molecule has 0 radical (unpaired) electrons. The van der Waals surface area contributed by atoms with Crippen LogP contribution in [0.3, 0.4) is 0 Å². The fourth-order valence-electron chi connectivity index (χ4n) is 1.92. The van der Waals surface area contributed by atoms with Crippen molar-refractivity contribution in [1.29, 1.82) is 0 Å². The van der Waals surface area contributed by atoms with Crippen LogP contribution in [-0.4, -0.2) is 16.5 Å². The summed E-state index contributed by atoms with van der Waals surface area (Å²) in [7, 11) is 0. The summed E-state index contributed by atoms with van der Waals surface area (Å²) in [5, 5.41) is 10.2. The molecule has 0 aliphatic heterocycles. The van der Waals surface area contributed by atoms with Crippen LogP contribution in [-0.2, 0) is 0 Å². The van der Waals surface area contributed by atoms with E-state index in [2.05, 4.69) is 24.3 Å². The van der Waals surface area contributed by atoms with Gasteiger partial charge in [0.2, 0.25) is 0 Å². The molecule has 2 heteroatoms. The van der Waals surface area contributed by atoms with Gasteiger partial charge in [0.05, 0.1) is 6.10 Å². The van der Waals surface area contributed by atoms with E-state index in [1.165, 1.54) is 17.7 Å². The summed E-state index contributed by atoms with van der Waals surface area (Å²) in [5.41, 5.74) is 0. The molecule has 0 amide bonds. The lowest BCUT2D eigenvalue weighted by Gasteiger charge is -2.25. The van der Waals surface area contributed by atoms with Crippen LogP contribution < -0.4 is 0 Å². The van der Waals surface area contributed by atoms with Crippen molar-refractivity contribution in [1.82, 2.24) is 0 Å². The van der Waals surface area contributed by atoms with Crippen LogP contribution in [0.15, 0.2) is 35.2 Å². The van der Waals surface area contributed by atoms with Crippen LogP contribution in [0.25, 0.3) is 0 Å². The summed E-state index contributed by atoms with van der Waals surface area (Å²) in [6.07, 6.45) is 4.30. The molecule has 1 aliphatic carbocycles. The summed E-state index contributed by atoms with van der Waals surface area (Å²) in [6.45, 7) is 0. The summed E-state index contributed by atoms with van der Waals surface area (Å²) < 4.78 is 0. The Labute approximate surface area is 89.5 Å². The van der Waals surface area contributed by atoms with Crippen LogP contribution in [0, 0.1) is 0 Å². The highest BCUT2D eigenvalue weighted by Crippen LogP contribution is 2.33. The monoisotopic (exact) mass is 208 g/mol. The smallest absolute Gasteiger partial charge is 0.0551 e. The van der Waals surface area contributed by atoms with Crippen LogP contribution in [0.4, 0.5) is 0 Å². The number of rotatable bonds is 2. The number of thioether (sulfide) groups is 1. The SMILES string of the molecule is O[C@@H]1CCC[C@H](Sc2ccccc2)C1. The van der Waals surface area contributed by atoms with Gasteiger partial charge in [-0.25, -0.2) is 0 Å². The highest BCUT2D eigenvalue weighted by molar-refractivity contribution is 8.00. The summed E-state index contributed by atoms with van der Waals surface area (Å²) >= 11 is 1.91. The van der Waals surface area contributed by atoms with E-state index < -0.39 is 0 Å². The summed E-state index contributed by atoms with van der Waals surface area (Å²) in [5.74, 6) is 0. The lowest BCUT2D eigenvalue weighted by atomic mass is 9.97. The number of benzene rings is 1. The summed E-state index contributed by atoms with van der Waals surface area (Å²) in [4.78, 5) is 1.33. The fourth-order valence-corrected chi connectivity index (χ4v) is 3.22. The Morgan fingerprint density at radius 2 is 1.93 bits per heavy atom. The van der Waals surface area contributed by atoms with E-state index in [9.17, 15) is 5.11 Å². The van der Waals surface area contributed by atoms with Gasteiger partial charge in [0.15, 0.2) is 0 Å². The maximum atomic E-state index is 9.54. The lowest BCUT2D eigenvalue weighted by molar-refractivity contribution is 0.133. The van der Waals surface area contributed by atoms with Gasteiger partial charge in [0.1, 0.15) is 0 Å². The van der Waals surface area contributed by atoms with Gasteiger partial charge in [-0.1, -0.05) is 18.2 Å². The van der Waals surface area contributed by atoms with Crippen molar-refractivity contribution in [2.75, 3.05) is 0 Å². The molecule has 0 bridgehead atoms. The molecule has 1 N–H and O–H groups in total. The van der Waals surface area contributed by atoms with Gasteiger partial charge in [-0.05, 0) is 37.8 Å². The van der Waals surface area contributed by atoms with E-state index in [-0.39, 0.29) is 6.10 Å². The van der Waals surface area contributed by atoms with Gasteiger partial charge in [-0.3, -0.25) is 0 Å². The Bertz CT molecular complexity index is 273. The first-order valence-electron chi connectivity index (χ1n) is 5.24. The molecule has 0 unspecified atom stereocenters. The Kier molecular flexibility index (Phi) is 3.49. The molecule has 1 fully saturated rings. The Morgan fingerprint density at radius 3 is 2.64 bits per heavy atom. The molecule has 76 valence electrons. The van der Waals surface area contributed by atoms with Gasteiger partial charge < -0.3 is 5.11 Å². The average Bonchev–Trinajstić information content (AvgIpc) is 2.19. The predicted molar refractivity (Wildman–Crippen MR) is 60.6 cm³/mol. The molecular formula is C12H16OS.